The van der Waals surface area contributed by atoms with E-state index in [1.54, 1.807) is 35.4 Å². The molecule has 31 heavy (non-hydrogen) atoms. The van der Waals surface area contributed by atoms with Crippen molar-refractivity contribution in [2.75, 3.05) is 26.2 Å². The van der Waals surface area contributed by atoms with Gasteiger partial charge in [-0.05, 0) is 24.6 Å². The normalized spacial score (nSPS) is 14.9. The van der Waals surface area contributed by atoms with Gasteiger partial charge in [0.15, 0.2) is 0 Å². The van der Waals surface area contributed by atoms with Crippen LogP contribution >= 0.6 is 0 Å². The van der Waals surface area contributed by atoms with Gasteiger partial charge in [0.05, 0.1) is 22.4 Å². The summed E-state index contributed by atoms with van der Waals surface area (Å²) in [6.07, 6.45) is 3.94. The molecule has 0 bridgehead atoms. The van der Waals surface area contributed by atoms with Crippen LogP contribution in [-0.2, 0) is 6.54 Å². The number of benzene rings is 2. The van der Waals surface area contributed by atoms with Crippen molar-refractivity contribution in [3.05, 3.63) is 88.0 Å². The van der Waals surface area contributed by atoms with Gasteiger partial charge in [0.1, 0.15) is 5.82 Å². The number of carbonyl (C=O) groups excluding carboxylic acids is 1. The minimum atomic E-state index is -0.462. The summed E-state index contributed by atoms with van der Waals surface area (Å²) in [5.41, 5.74) is 1.75. The maximum absolute atomic E-state index is 13.9. The fourth-order valence-corrected chi connectivity index (χ4v) is 3.68. The lowest BCUT2D eigenvalue weighted by Gasteiger charge is -2.22. The summed E-state index contributed by atoms with van der Waals surface area (Å²) in [5, 5.41) is 15.0. The van der Waals surface area contributed by atoms with Crippen LogP contribution in [-0.4, -0.2) is 56.6 Å². The predicted molar refractivity (Wildman–Crippen MR) is 112 cm³/mol. The summed E-state index contributed by atoms with van der Waals surface area (Å²) in [6.45, 7) is 3.15. The van der Waals surface area contributed by atoms with Gasteiger partial charge in [0.25, 0.3) is 11.6 Å². The highest BCUT2D eigenvalue weighted by molar-refractivity contribution is 5.93. The molecule has 0 atom stereocenters. The summed E-state index contributed by atoms with van der Waals surface area (Å²) in [6, 6.07) is 12.7. The zero-order chi connectivity index (χ0) is 21.8. The molecule has 2 heterocycles. The number of hydrogen-bond acceptors (Lipinski definition) is 5. The smallest absolute Gasteiger partial charge is 0.269 e. The van der Waals surface area contributed by atoms with Crippen LogP contribution in [0.3, 0.4) is 0 Å². The first-order valence-corrected chi connectivity index (χ1v) is 10.1. The van der Waals surface area contributed by atoms with Crippen molar-refractivity contribution >= 4 is 11.6 Å². The van der Waals surface area contributed by atoms with Crippen molar-refractivity contribution < 1.29 is 14.1 Å². The number of carbonyl (C=O) groups is 1. The van der Waals surface area contributed by atoms with Crippen molar-refractivity contribution in [2.24, 2.45) is 0 Å². The lowest BCUT2D eigenvalue weighted by Crippen LogP contribution is -2.35. The number of aromatic nitrogens is 2. The van der Waals surface area contributed by atoms with E-state index < -0.39 is 4.92 Å². The Morgan fingerprint density at radius 1 is 1.06 bits per heavy atom. The molecule has 3 aromatic rings. The summed E-state index contributed by atoms with van der Waals surface area (Å²) in [5.74, 6) is -0.320. The maximum atomic E-state index is 13.9. The van der Waals surface area contributed by atoms with Crippen LogP contribution in [0, 0.1) is 15.9 Å². The van der Waals surface area contributed by atoms with Crippen LogP contribution in [0.1, 0.15) is 22.3 Å². The molecule has 1 aromatic heterocycles. The highest BCUT2D eigenvalue weighted by Gasteiger charge is 2.22. The van der Waals surface area contributed by atoms with E-state index in [0.29, 0.717) is 43.0 Å². The van der Waals surface area contributed by atoms with Gasteiger partial charge in [-0.25, -0.2) is 9.07 Å². The molecule has 2 aromatic carbocycles. The molecule has 0 unspecified atom stereocenters. The van der Waals surface area contributed by atoms with Crippen molar-refractivity contribution in [1.29, 1.82) is 0 Å². The molecule has 1 aliphatic heterocycles. The van der Waals surface area contributed by atoms with Gasteiger partial charge in [-0.3, -0.25) is 19.8 Å². The van der Waals surface area contributed by atoms with E-state index in [-0.39, 0.29) is 17.4 Å². The third-order valence-electron chi connectivity index (χ3n) is 5.38. The average Bonchev–Trinajstić information content (AvgIpc) is 3.15. The molecule has 4 rings (SSSR count). The first-order valence-electron chi connectivity index (χ1n) is 10.1. The fraction of sp³-hybridized carbons (Fsp3) is 0.273. The van der Waals surface area contributed by atoms with Gasteiger partial charge < -0.3 is 4.90 Å². The minimum Gasteiger partial charge on any atom is -0.337 e. The van der Waals surface area contributed by atoms with Gasteiger partial charge in [-0.15, -0.1) is 0 Å². The average molecular weight is 423 g/mol. The van der Waals surface area contributed by atoms with Crippen LogP contribution in [0.2, 0.25) is 0 Å². The Bertz CT molecular complexity index is 1080. The molecule has 1 saturated heterocycles. The Balaban J connectivity index is 1.39. The van der Waals surface area contributed by atoms with E-state index in [2.05, 4.69) is 10.00 Å². The van der Waals surface area contributed by atoms with E-state index in [1.807, 2.05) is 6.07 Å². The number of amides is 1. The van der Waals surface area contributed by atoms with E-state index in [1.165, 1.54) is 29.1 Å². The van der Waals surface area contributed by atoms with Crippen LogP contribution in [0.5, 0.6) is 0 Å². The largest absolute Gasteiger partial charge is 0.337 e. The Hall–Kier alpha value is -3.59. The van der Waals surface area contributed by atoms with Crippen molar-refractivity contribution in [3.8, 4) is 5.69 Å². The number of non-ortho nitro benzene ring substituents is 1. The van der Waals surface area contributed by atoms with Gasteiger partial charge in [-0.1, -0.05) is 18.2 Å². The Kier molecular flexibility index (Phi) is 6.03. The van der Waals surface area contributed by atoms with Gasteiger partial charge in [0.2, 0.25) is 0 Å². The first-order chi connectivity index (χ1) is 15.0. The number of nitrogens with zero attached hydrogens (tertiary/aromatic N) is 5. The minimum absolute atomic E-state index is 0.00305. The van der Waals surface area contributed by atoms with Crippen molar-refractivity contribution in [3.63, 3.8) is 0 Å². The van der Waals surface area contributed by atoms with E-state index >= 15 is 0 Å². The van der Waals surface area contributed by atoms with Crippen LogP contribution in [0.15, 0.2) is 60.9 Å². The predicted octanol–water partition coefficient (Wildman–Crippen LogP) is 3.27. The zero-order valence-corrected chi connectivity index (χ0v) is 16.9. The number of rotatable bonds is 5. The quantitative estimate of drug-likeness (QED) is 0.465. The number of nitro benzene ring substituents is 1. The fourth-order valence-electron chi connectivity index (χ4n) is 3.68. The third kappa shape index (κ3) is 4.77. The van der Waals surface area contributed by atoms with E-state index in [0.717, 1.165) is 13.0 Å². The molecule has 9 heteroatoms. The second kappa shape index (κ2) is 9.05. The number of nitro groups is 1. The molecule has 1 aliphatic rings. The summed E-state index contributed by atoms with van der Waals surface area (Å²) in [7, 11) is 0. The second-order valence-electron chi connectivity index (χ2n) is 7.46. The summed E-state index contributed by atoms with van der Waals surface area (Å²) < 4.78 is 15.5. The molecule has 1 amide bonds. The molecule has 0 N–H and O–H groups in total. The Morgan fingerprint density at radius 3 is 2.58 bits per heavy atom. The van der Waals surface area contributed by atoms with Crippen LogP contribution in [0.4, 0.5) is 10.1 Å². The molecule has 8 nitrogen and oxygen atoms in total. The molecule has 1 fully saturated rings. The van der Waals surface area contributed by atoms with Crippen LogP contribution < -0.4 is 0 Å². The second-order valence-corrected chi connectivity index (χ2v) is 7.46. The summed E-state index contributed by atoms with van der Waals surface area (Å²) >= 11 is 0. The molecule has 0 aliphatic carbocycles. The molecule has 0 radical (unpaired) electrons. The number of hydrogen-bond donors (Lipinski definition) is 0. The van der Waals surface area contributed by atoms with Crippen molar-refractivity contribution in [1.82, 2.24) is 19.6 Å². The lowest BCUT2D eigenvalue weighted by molar-refractivity contribution is -0.384. The van der Waals surface area contributed by atoms with E-state index in [4.69, 9.17) is 0 Å². The molecular formula is C22H22FN5O3. The highest BCUT2D eigenvalue weighted by Crippen LogP contribution is 2.17. The van der Waals surface area contributed by atoms with E-state index in [9.17, 15) is 19.3 Å². The Labute approximate surface area is 178 Å². The first kappa shape index (κ1) is 20.7. The maximum Gasteiger partial charge on any atom is 0.269 e. The molecular weight excluding hydrogens is 401 g/mol. The third-order valence-corrected chi connectivity index (χ3v) is 5.38. The molecule has 160 valence electrons. The lowest BCUT2D eigenvalue weighted by atomic mass is 10.2. The highest BCUT2D eigenvalue weighted by atomic mass is 19.1. The van der Waals surface area contributed by atoms with Gasteiger partial charge in [0, 0.05) is 56.6 Å². The Morgan fingerprint density at radius 2 is 1.84 bits per heavy atom. The molecule has 0 spiro atoms. The monoisotopic (exact) mass is 423 g/mol. The SMILES string of the molecule is O=C(c1cnn(-c2ccc([N+](=O)[O-])cc2)c1)N1CCCN(Cc2ccccc2F)CC1. The standard InChI is InChI=1S/C22H22FN5O3/c23-21-5-2-1-4-17(21)15-25-10-3-11-26(13-12-25)22(29)18-14-24-27(16-18)19-6-8-20(9-7-19)28(30)31/h1-2,4-9,14,16H,3,10-13,15H2. The zero-order valence-electron chi connectivity index (χ0n) is 16.9. The van der Waals surface area contributed by atoms with Crippen molar-refractivity contribution in [2.45, 2.75) is 13.0 Å². The van der Waals surface area contributed by atoms with Gasteiger partial charge >= 0.3 is 0 Å². The van der Waals surface area contributed by atoms with Crippen LogP contribution in [0.25, 0.3) is 5.69 Å². The topological polar surface area (TPSA) is 84.5 Å². The summed E-state index contributed by atoms with van der Waals surface area (Å²) in [4.78, 5) is 27.3. The number of halogens is 1. The van der Waals surface area contributed by atoms with Gasteiger partial charge in [-0.2, -0.15) is 5.10 Å². The molecule has 0 saturated carbocycles.